The van der Waals surface area contributed by atoms with Gasteiger partial charge in [0.05, 0.1) is 5.75 Å². The zero-order valence-electron chi connectivity index (χ0n) is 9.75. The van der Waals surface area contributed by atoms with Crippen LogP contribution in [0, 0.1) is 0 Å². The topological polar surface area (TPSA) is 88.8 Å². The Bertz CT molecular complexity index is 636. The number of hydrogen-bond acceptors (Lipinski definition) is 5. The molecule has 3 N–H and O–H groups in total. The number of aromatic nitrogens is 2. The quantitative estimate of drug-likeness (QED) is 0.833. The number of hydrogen-bond donors (Lipinski definition) is 2. The van der Waals surface area contributed by atoms with E-state index in [0.29, 0.717) is 5.03 Å². The molecule has 5 nitrogen and oxygen atoms in total. The number of rotatable bonds is 4. The van der Waals surface area contributed by atoms with Crippen molar-refractivity contribution >= 4 is 27.4 Å². The number of nitrogen functional groups attached to an aromatic ring is 1. The van der Waals surface area contributed by atoms with Gasteiger partial charge >= 0.3 is 0 Å². The molecule has 0 spiro atoms. The maximum absolute atomic E-state index is 12.3. The minimum absolute atomic E-state index is 0.0782. The van der Waals surface area contributed by atoms with Crippen molar-refractivity contribution in [1.29, 1.82) is 0 Å². The average molecular weight is 283 g/mol. The molecule has 0 aliphatic rings. The standard InChI is InChI=1S/C11H13N3O2S2/c1-17-11-9(10(12)13-14-11)18(15,16)7-8-5-3-2-4-6-8/h2-6H,7H2,1H3,(H3,12,13,14). The summed E-state index contributed by atoms with van der Waals surface area (Å²) in [5.74, 6) is 0.0146. The Morgan fingerprint density at radius 2 is 2.00 bits per heavy atom. The Morgan fingerprint density at radius 1 is 1.33 bits per heavy atom. The molecule has 18 heavy (non-hydrogen) atoms. The first-order valence-corrected chi connectivity index (χ1v) is 8.07. The van der Waals surface area contributed by atoms with Crippen LogP contribution in [0.3, 0.4) is 0 Å². The highest BCUT2D eigenvalue weighted by Crippen LogP contribution is 2.29. The van der Waals surface area contributed by atoms with E-state index in [1.165, 1.54) is 11.8 Å². The molecule has 0 radical (unpaired) electrons. The summed E-state index contributed by atoms with van der Waals surface area (Å²) in [7, 11) is -3.48. The molecule has 2 aromatic rings. The number of nitrogens with zero attached hydrogens (tertiary/aromatic N) is 1. The lowest BCUT2D eigenvalue weighted by Gasteiger charge is -2.04. The molecule has 0 aliphatic heterocycles. The van der Waals surface area contributed by atoms with Crippen LogP contribution < -0.4 is 5.73 Å². The smallest absolute Gasteiger partial charge is 0.188 e. The predicted octanol–water partition coefficient (Wildman–Crippen LogP) is 1.69. The van der Waals surface area contributed by atoms with Crippen LogP contribution in [-0.4, -0.2) is 24.9 Å². The van der Waals surface area contributed by atoms with Gasteiger partial charge in [0.1, 0.15) is 15.7 Å². The molecule has 0 unspecified atom stereocenters. The molecule has 0 saturated carbocycles. The van der Waals surface area contributed by atoms with Gasteiger partial charge < -0.3 is 5.73 Å². The highest BCUT2D eigenvalue weighted by atomic mass is 32.2. The Morgan fingerprint density at radius 3 is 2.61 bits per heavy atom. The first-order valence-electron chi connectivity index (χ1n) is 5.19. The van der Waals surface area contributed by atoms with Crippen molar-refractivity contribution in [2.45, 2.75) is 15.7 Å². The Kier molecular flexibility index (Phi) is 3.63. The van der Waals surface area contributed by atoms with E-state index in [4.69, 9.17) is 5.73 Å². The normalized spacial score (nSPS) is 11.6. The van der Waals surface area contributed by atoms with E-state index in [1.54, 1.807) is 30.5 Å². The van der Waals surface area contributed by atoms with Crippen molar-refractivity contribution < 1.29 is 8.42 Å². The molecule has 0 saturated heterocycles. The minimum atomic E-state index is -3.48. The van der Waals surface area contributed by atoms with E-state index >= 15 is 0 Å². The molecular formula is C11H13N3O2S2. The van der Waals surface area contributed by atoms with Crippen LogP contribution in [0.4, 0.5) is 5.82 Å². The second-order valence-corrected chi connectivity index (χ2v) is 6.44. The Labute approximate surface area is 110 Å². The number of nitrogens with one attached hydrogen (secondary N) is 1. The number of thioether (sulfide) groups is 1. The number of aromatic amines is 1. The van der Waals surface area contributed by atoms with Gasteiger partial charge in [0.25, 0.3) is 0 Å². The molecule has 1 aromatic carbocycles. The van der Waals surface area contributed by atoms with Crippen molar-refractivity contribution in [2.75, 3.05) is 12.0 Å². The second-order valence-electron chi connectivity index (χ2n) is 3.72. The van der Waals surface area contributed by atoms with Crippen LogP contribution in [0.25, 0.3) is 0 Å². The van der Waals surface area contributed by atoms with E-state index in [1.807, 2.05) is 6.07 Å². The highest BCUT2D eigenvalue weighted by Gasteiger charge is 2.25. The fourth-order valence-electron chi connectivity index (χ4n) is 1.63. The van der Waals surface area contributed by atoms with Gasteiger partial charge in [0.2, 0.25) is 0 Å². The van der Waals surface area contributed by atoms with Crippen molar-refractivity contribution in [2.24, 2.45) is 0 Å². The molecule has 0 aliphatic carbocycles. The summed E-state index contributed by atoms with van der Waals surface area (Å²) < 4.78 is 24.6. The summed E-state index contributed by atoms with van der Waals surface area (Å²) in [6, 6.07) is 8.99. The first-order chi connectivity index (χ1) is 8.54. The maximum Gasteiger partial charge on any atom is 0.188 e. The third kappa shape index (κ3) is 2.51. The Hall–Kier alpha value is -1.47. The molecule has 7 heteroatoms. The SMILES string of the molecule is CSc1n[nH]c(N)c1S(=O)(=O)Cc1ccccc1. The van der Waals surface area contributed by atoms with Gasteiger partial charge in [-0.05, 0) is 11.8 Å². The van der Waals surface area contributed by atoms with E-state index in [9.17, 15) is 8.42 Å². The van der Waals surface area contributed by atoms with Gasteiger partial charge in [-0.1, -0.05) is 30.3 Å². The number of sulfone groups is 1. The first kappa shape index (κ1) is 13.0. The van der Waals surface area contributed by atoms with Crippen LogP contribution in [-0.2, 0) is 15.6 Å². The lowest BCUT2D eigenvalue weighted by atomic mass is 10.2. The van der Waals surface area contributed by atoms with E-state index in [2.05, 4.69) is 10.2 Å². The third-order valence-corrected chi connectivity index (χ3v) is 4.98. The lowest BCUT2D eigenvalue weighted by molar-refractivity contribution is 0.593. The molecule has 96 valence electrons. The summed E-state index contributed by atoms with van der Waals surface area (Å²) in [6.07, 6.45) is 1.76. The fraction of sp³-hybridized carbons (Fsp3) is 0.182. The fourth-order valence-corrected chi connectivity index (χ4v) is 4.16. The van der Waals surface area contributed by atoms with Gasteiger partial charge in [-0.2, -0.15) is 5.10 Å². The van der Waals surface area contributed by atoms with Crippen LogP contribution in [0.5, 0.6) is 0 Å². The number of benzene rings is 1. The van der Waals surface area contributed by atoms with Crippen molar-refractivity contribution in [3.05, 3.63) is 35.9 Å². The molecule has 0 fully saturated rings. The average Bonchev–Trinajstić information content (AvgIpc) is 2.72. The zero-order valence-corrected chi connectivity index (χ0v) is 11.4. The summed E-state index contributed by atoms with van der Waals surface area (Å²) >= 11 is 1.25. The molecule has 2 rings (SSSR count). The van der Waals surface area contributed by atoms with Crippen LogP contribution in [0.2, 0.25) is 0 Å². The summed E-state index contributed by atoms with van der Waals surface area (Å²) in [4.78, 5) is 0.0962. The molecule has 1 heterocycles. The third-order valence-electron chi connectivity index (χ3n) is 2.42. The van der Waals surface area contributed by atoms with E-state index < -0.39 is 9.84 Å². The molecule has 0 atom stereocenters. The van der Waals surface area contributed by atoms with Gasteiger partial charge in [-0.25, -0.2) is 8.42 Å². The molecular weight excluding hydrogens is 270 g/mol. The summed E-state index contributed by atoms with van der Waals surface area (Å²) in [5, 5.41) is 6.79. The van der Waals surface area contributed by atoms with Gasteiger partial charge in [-0.15, -0.1) is 11.8 Å². The van der Waals surface area contributed by atoms with E-state index in [0.717, 1.165) is 5.56 Å². The Balaban J connectivity index is 2.40. The van der Waals surface area contributed by atoms with Gasteiger partial charge in [-0.3, -0.25) is 5.10 Å². The van der Waals surface area contributed by atoms with Crippen molar-refractivity contribution in [3.63, 3.8) is 0 Å². The molecule has 1 aromatic heterocycles. The van der Waals surface area contributed by atoms with Gasteiger partial charge in [0, 0.05) is 0 Å². The van der Waals surface area contributed by atoms with Crippen molar-refractivity contribution in [1.82, 2.24) is 10.2 Å². The number of H-pyrrole nitrogens is 1. The molecule has 0 amide bonds. The lowest BCUT2D eigenvalue weighted by Crippen LogP contribution is -2.07. The number of nitrogens with two attached hydrogens (primary N) is 1. The monoisotopic (exact) mass is 283 g/mol. The van der Waals surface area contributed by atoms with Crippen LogP contribution >= 0.6 is 11.8 Å². The minimum Gasteiger partial charge on any atom is -0.383 e. The highest BCUT2D eigenvalue weighted by molar-refractivity contribution is 7.99. The van der Waals surface area contributed by atoms with Gasteiger partial charge in [0.15, 0.2) is 9.84 Å². The zero-order chi connectivity index (χ0) is 13.2. The van der Waals surface area contributed by atoms with Crippen LogP contribution in [0.15, 0.2) is 40.3 Å². The largest absolute Gasteiger partial charge is 0.383 e. The number of anilines is 1. The summed E-state index contributed by atoms with van der Waals surface area (Å²) in [5.41, 5.74) is 6.37. The predicted molar refractivity (Wildman–Crippen MR) is 72.1 cm³/mol. The van der Waals surface area contributed by atoms with E-state index in [-0.39, 0.29) is 16.5 Å². The molecule has 0 bridgehead atoms. The summed E-state index contributed by atoms with van der Waals surface area (Å²) in [6.45, 7) is 0. The van der Waals surface area contributed by atoms with Crippen LogP contribution in [0.1, 0.15) is 5.56 Å². The second kappa shape index (κ2) is 5.03. The van der Waals surface area contributed by atoms with Crippen molar-refractivity contribution in [3.8, 4) is 0 Å². The maximum atomic E-state index is 12.3.